The average Bonchev–Trinajstić information content (AvgIpc) is 2.98. The number of benzene rings is 2. The van der Waals surface area contributed by atoms with Gasteiger partial charge in [-0.3, -0.25) is 4.79 Å². The minimum Gasteiger partial charge on any atom is -0.480 e. The van der Waals surface area contributed by atoms with E-state index in [1.807, 2.05) is 42.5 Å². The van der Waals surface area contributed by atoms with Crippen LogP contribution in [0.4, 0.5) is 0 Å². The zero-order chi connectivity index (χ0) is 16.9. The van der Waals surface area contributed by atoms with Crippen molar-refractivity contribution in [1.82, 2.24) is 5.32 Å². The maximum Gasteiger partial charge on any atom is 0.326 e. The fourth-order valence-corrected chi connectivity index (χ4v) is 3.38. The lowest BCUT2D eigenvalue weighted by Crippen LogP contribution is -2.42. The number of carboxylic acid groups (broad SMARTS) is 1. The van der Waals surface area contributed by atoms with Crippen molar-refractivity contribution in [2.75, 3.05) is 0 Å². The summed E-state index contributed by atoms with van der Waals surface area (Å²) in [6.45, 7) is 0. The predicted molar refractivity (Wildman–Crippen MR) is 91.8 cm³/mol. The van der Waals surface area contributed by atoms with Gasteiger partial charge in [-0.05, 0) is 35.4 Å². The van der Waals surface area contributed by atoms with Gasteiger partial charge in [0.25, 0.3) is 0 Å². The van der Waals surface area contributed by atoms with E-state index in [1.54, 1.807) is 0 Å². The smallest absolute Gasteiger partial charge is 0.326 e. The van der Waals surface area contributed by atoms with Gasteiger partial charge in [-0.15, -0.1) is 0 Å². The molecule has 0 radical (unpaired) electrons. The summed E-state index contributed by atoms with van der Waals surface area (Å²) in [5.41, 5.74) is 3.42. The molecule has 0 saturated carbocycles. The molecule has 1 aliphatic rings. The van der Waals surface area contributed by atoms with Crippen molar-refractivity contribution in [2.45, 2.75) is 37.6 Å². The summed E-state index contributed by atoms with van der Waals surface area (Å²) in [6, 6.07) is 16.6. The van der Waals surface area contributed by atoms with Crippen LogP contribution < -0.4 is 5.32 Å². The number of hydrogen-bond acceptors (Lipinski definition) is 2. The molecule has 2 aromatic carbocycles. The van der Waals surface area contributed by atoms with Gasteiger partial charge < -0.3 is 10.4 Å². The number of carbonyl (C=O) groups excluding carboxylic acids is 1. The quantitative estimate of drug-likeness (QED) is 0.859. The first kappa shape index (κ1) is 16.2. The van der Waals surface area contributed by atoms with E-state index < -0.39 is 12.0 Å². The number of carbonyl (C=O) groups is 2. The molecule has 1 unspecified atom stereocenters. The number of aliphatic carboxylic acids is 1. The molecule has 0 fully saturated rings. The van der Waals surface area contributed by atoms with Crippen LogP contribution in [0.3, 0.4) is 0 Å². The first-order chi connectivity index (χ1) is 11.6. The van der Waals surface area contributed by atoms with Crippen molar-refractivity contribution < 1.29 is 14.7 Å². The molecule has 3 rings (SSSR count). The summed E-state index contributed by atoms with van der Waals surface area (Å²) < 4.78 is 0. The second-order valence-corrected chi connectivity index (χ2v) is 6.29. The normalized spacial score (nSPS) is 17.1. The maximum absolute atomic E-state index is 12.3. The highest BCUT2D eigenvalue weighted by molar-refractivity contribution is 5.84. The van der Waals surface area contributed by atoms with E-state index in [0.717, 1.165) is 18.4 Å². The van der Waals surface area contributed by atoms with Crippen molar-refractivity contribution in [3.63, 3.8) is 0 Å². The van der Waals surface area contributed by atoms with Crippen LogP contribution in [-0.2, 0) is 22.4 Å². The summed E-state index contributed by atoms with van der Waals surface area (Å²) in [5.74, 6) is -1.01. The zero-order valence-electron chi connectivity index (χ0n) is 13.4. The van der Waals surface area contributed by atoms with E-state index in [9.17, 15) is 14.7 Å². The van der Waals surface area contributed by atoms with Crippen molar-refractivity contribution in [3.8, 4) is 0 Å². The van der Waals surface area contributed by atoms with E-state index >= 15 is 0 Å². The van der Waals surface area contributed by atoms with Gasteiger partial charge in [0.1, 0.15) is 6.04 Å². The number of fused-ring (bicyclic) bond motifs is 1. The fraction of sp³-hybridized carbons (Fsp3) is 0.300. The Morgan fingerprint density at radius 3 is 2.54 bits per heavy atom. The molecule has 4 heteroatoms. The molecule has 2 atom stereocenters. The van der Waals surface area contributed by atoms with Gasteiger partial charge in [0, 0.05) is 12.8 Å². The van der Waals surface area contributed by atoms with E-state index in [-0.39, 0.29) is 11.8 Å². The molecule has 0 heterocycles. The highest BCUT2D eigenvalue weighted by atomic mass is 16.4. The largest absolute Gasteiger partial charge is 0.480 e. The molecule has 2 N–H and O–H groups in total. The molecule has 1 aliphatic carbocycles. The monoisotopic (exact) mass is 323 g/mol. The summed E-state index contributed by atoms with van der Waals surface area (Å²) in [7, 11) is 0. The molecule has 0 bridgehead atoms. The Morgan fingerprint density at radius 2 is 1.79 bits per heavy atom. The van der Waals surface area contributed by atoms with E-state index in [0.29, 0.717) is 12.8 Å². The summed E-state index contributed by atoms with van der Waals surface area (Å²) in [6.07, 6.45) is 2.57. The van der Waals surface area contributed by atoms with E-state index in [2.05, 4.69) is 17.4 Å². The molecule has 0 aliphatic heterocycles. The first-order valence-corrected chi connectivity index (χ1v) is 8.27. The molecule has 1 amide bonds. The number of nitrogens with one attached hydrogen (secondary N) is 1. The standard InChI is InChI=1S/C20H21NO3/c22-19(13-16-11-10-15-8-4-5-9-17(15)16)21-18(20(23)24)12-14-6-2-1-3-7-14/h1-9,16,18H,10-13H2,(H,21,22)(H,23,24)/t16?,18-/m1/s1. The average molecular weight is 323 g/mol. The molecule has 0 spiro atoms. The minimum atomic E-state index is -1.00. The van der Waals surface area contributed by atoms with Gasteiger partial charge in [0.2, 0.25) is 5.91 Å². The fourth-order valence-electron chi connectivity index (χ4n) is 3.38. The zero-order valence-corrected chi connectivity index (χ0v) is 13.4. The Labute approximate surface area is 141 Å². The van der Waals surface area contributed by atoms with E-state index in [4.69, 9.17) is 0 Å². The summed E-state index contributed by atoms with van der Waals surface area (Å²) in [5, 5.41) is 12.1. The van der Waals surface area contributed by atoms with Gasteiger partial charge in [-0.2, -0.15) is 0 Å². The Bertz CT molecular complexity index is 727. The topological polar surface area (TPSA) is 66.4 Å². The lowest BCUT2D eigenvalue weighted by Gasteiger charge is -2.17. The Hall–Kier alpha value is -2.62. The van der Waals surface area contributed by atoms with Crippen LogP contribution in [0.25, 0.3) is 0 Å². The van der Waals surface area contributed by atoms with Gasteiger partial charge in [0.15, 0.2) is 0 Å². The molecule has 2 aromatic rings. The number of rotatable bonds is 6. The second kappa shape index (κ2) is 7.30. The van der Waals surface area contributed by atoms with Crippen LogP contribution in [0.1, 0.15) is 35.4 Å². The van der Waals surface area contributed by atoms with Crippen LogP contribution in [0.2, 0.25) is 0 Å². The third-order valence-corrected chi connectivity index (χ3v) is 4.60. The van der Waals surface area contributed by atoms with Crippen LogP contribution in [0, 0.1) is 0 Å². The van der Waals surface area contributed by atoms with Crippen LogP contribution in [0.5, 0.6) is 0 Å². The van der Waals surface area contributed by atoms with Crippen LogP contribution in [-0.4, -0.2) is 23.0 Å². The number of aryl methyl sites for hydroxylation is 1. The molecule has 0 aromatic heterocycles. The van der Waals surface area contributed by atoms with Crippen LogP contribution in [0.15, 0.2) is 54.6 Å². The van der Waals surface area contributed by atoms with Crippen molar-refractivity contribution in [1.29, 1.82) is 0 Å². The van der Waals surface area contributed by atoms with Gasteiger partial charge in [-0.25, -0.2) is 4.79 Å². The number of carboxylic acids is 1. The molecular formula is C20H21NO3. The van der Waals surface area contributed by atoms with Crippen molar-refractivity contribution >= 4 is 11.9 Å². The number of amides is 1. The molecule has 24 heavy (non-hydrogen) atoms. The molecule has 4 nitrogen and oxygen atoms in total. The Kier molecular flexibility index (Phi) is 4.94. The summed E-state index contributed by atoms with van der Waals surface area (Å²) in [4.78, 5) is 23.8. The third-order valence-electron chi connectivity index (χ3n) is 4.60. The van der Waals surface area contributed by atoms with Gasteiger partial charge in [-0.1, -0.05) is 54.6 Å². The number of hydrogen-bond donors (Lipinski definition) is 2. The third kappa shape index (κ3) is 3.82. The molecular weight excluding hydrogens is 302 g/mol. The van der Waals surface area contributed by atoms with Gasteiger partial charge in [0.05, 0.1) is 0 Å². The van der Waals surface area contributed by atoms with Crippen molar-refractivity contribution in [3.05, 3.63) is 71.3 Å². The predicted octanol–water partition coefficient (Wildman–Crippen LogP) is 2.92. The van der Waals surface area contributed by atoms with E-state index in [1.165, 1.54) is 11.1 Å². The van der Waals surface area contributed by atoms with Crippen LogP contribution >= 0.6 is 0 Å². The molecule has 124 valence electrons. The second-order valence-electron chi connectivity index (χ2n) is 6.29. The first-order valence-electron chi connectivity index (χ1n) is 8.27. The highest BCUT2D eigenvalue weighted by Crippen LogP contribution is 2.35. The van der Waals surface area contributed by atoms with Gasteiger partial charge >= 0.3 is 5.97 Å². The Morgan fingerprint density at radius 1 is 1.08 bits per heavy atom. The lowest BCUT2D eigenvalue weighted by atomic mass is 9.97. The molecule has 0 saturated heterocycles. The summed E-state index contributed by atoms with van der Waals surface area (Å²) >= 11 is 0. The highest BCUT2D eigenvalue weighted by Gasteiger charge is 2.26. The SMILES string of the molecule is O=C(CC1CCc2ccccc21)N[C@H](Cc1ccccc1)C(=O)O. The Balaban J connectivity index is 1.61. The lowest BCUT2D eigenvalue weighted by molar-refractivity contribution is -0.141. The minimum absolute atomic E-state index is 0.187. The van der Waals surface area contributed by atoms with Crippen molar-refractivity contribution in [2.24, 2.45) is 0 Å². The maximum atomic E-state index is 12.3.